The lowest BCUT2D eigenvalue weighted by molar-refractivity contribution is -0.00359. The van der Waals surface area contributed by atoms with Gasteiger partial charge in [0.1, 0.15) is 5.69 Å². The van der Waals surface area contributed by atoms with E-state index in [1.807, 2.05) is 13.0 Å². The van der Waals surface area contributed by atoms with Gasteiger partial charge in [0, 0.05) is 24.2 Å². The van der Waals surface area contributed by atoms with E-state index in [0.29, 0.717) is 17.7 Å². The summed E-state index contributed by atoms with van der Waals surface area (Å²) < 4.78 is 11.1. The number of carbonyl (C=O) groups excluding carboxylic acids is 1. The Morgan fingerprint density at radius 1 is 1.18 bits per heavy atom. The third-order valence-electron chi connectivity index (χ3n) is 7.11. The number of piperidine rings is 3. The number of hydrogen-bond donors (Lipinski definition) is 1. The van der Waals surface area contributed by atoms with Crippen LogP contribution in [-0.2, 0) is 0 Å². The van der Waals surface area contributed by atoms with Gasteiger partial charge in [-0.3, -0.25) is 9.69 Å². The second-order valence-electron chi connectivity index (χ2n) is 8.41. The highest BCUT2D eigenvalue weighted by molar-refractivity contribution is 5.94. The Bertz CT molecular complexity index is 933. The third kappa shape index (κ3) is 2.25. The minimum absolute atomic E-state index is 0.0609. The molecule has 3 atom stereocenters. The number of aromatic nitrogens is 2. The molecule has 5 aliphatic rings. The van der Waals surface area contributed by atoms with Crippen molar-refractivity contribution in [1.29, 1.82) is 0 Å². The van der Waals surface area contributed by atoms with Crippen LogP contribution in [0.3, 0.4) is 0 Å². The second-order valence-corrected chi connectivity index (χ2v) is 8.41. The number of benzene rings is 1. The van der Waals surface area contributed by atoms with Crippen molar-refractivity contribution < 1.29 is 14.3 Å². The van der Waals surface area contributed by atoms with E-state index < -0.39 is 0 Å². The first-order valence-electron chi connectivity index (χ1n) is 10.2. The molecule has 5 aliphatic heterocycles. The van der Waals surface area contributed by atoms with Gasteiger partial charge in [0.2, 0.25) is 6.79 Å². The average Bonchev–Trinajstić information content (AvgIpc) is 3.46. The first kappa shape index (κ1) is 16.4. The molecule has 7 nitrogen and oxygen atoms in total. The van der Waals surface area contributed by atoms with Crippen LogP contribution in [0.15, 0.2) is 24.5 Å². The lowest BCUT2D eigenvalue weighted by Gasteiger charge is -2.51. The van der Waals surface area contributed by atoms with Gasteiger partial charge in [-0.05, 0) is 56.5 Å². The number of aromatic amines is 1. The van der Waals surface area contributed by atoms with Crippen LogP contribution >= 0.6 is 0 Å². The van der Waals surface area contributed by atoms with Crippen molar-refractivity contribution in [3.05, 3.63) is 41.5 Å². The number of imidazole rings is 1. The lowest BCUT2D eigenvalue weighted by Crippen LogP contribution is -2.60. The number of hydrogen-bond acceptors (Lipinski definition) is 5. The van der Waals surface area contributed by atoms with Crippen LogP contribution in [0.2, 0.25) is 0 Å². The van der Waals surface area contributed by atoms with Gasteiger partial charge in [0.05, 0.1) is 12.4 Å². The van der Waals surface area contributed by atoms with Crippen LogP contribution in [-0.4, -0.2) is 64.2 Å². The van der Waals surface area contributed by atoms with Crippen LogP contribution in [0.4, 0.5) is 0 Å². The molecule has 2 bridgehead atoms. The summed E-state index contributed by atoms with van der Waals surface area (Å²) >= 11 is 0. The first-order chi connectivity index (χ1) is 13.7. The predicted octanol–water partition coefficient (Wildman–Crippen LogP) is 2.15. The highest BCUT2D eigenvalue weighted by Crippen LogP contribution is 2.48. The van der Waals surface area contributed by atoms with E-state index in [0.717, 1.165) is 36.8 Å². The summed E-state index contributed by atoms with van der Waals surface area (Å²) in [5.74, 6) is 2.55. The zero-order valence-corrected chi connectivity index (χ0v) is 15.9. The number of ether oxygens (including phenoxy) is 2. The van der Waals surface area contributed by atoms with Gasteiger partial charge in [-0.15, -0.1) is 0 Å². The smallest absolute Gasteiger partial charge is 0.274 e. The standard InChI is InChI=1S/C21H24N4O3/c1-12-18(23-10-22-12)21(26)25-9-15(14-2-3-16-17(8-14)28-11-27-16)20-19(25)13-4-6-24(20)7-5-13/h2-3,8,10,13,15,19-20H,4-7,9,11H2,1H3,(H,22,23)/t15-,19-,20-/m1/s1. The molecule has 1 aromatic carbocycles. The van der Waals surface area contributed by atoms with Crippen LogP contribution in [0.5, 0.6) is 11.5 Å². The highest BCUT2D eigenvalue weighted by Gasteiger charge is 2.55. The molecule has 1 aromatic heterocycles. The molecule has 0 spiro atoms. The van der Waals surface area contributed by atoms with E-state index in [2.05, 4.69) is 31.9 Å². The van der Waals surface area contributed by atoms with Crippen LogP contribution in [0, 0.1) is 12.8 Å². The van der Waals surface area contributed by atoms with Crippen molar-refractivity contribution in [3.63, 3.8) is 0 Å². The molecular weight excluding hydrogens is 356 g/mol. The molecule has 2 aromatic rings. The van der Waals surface area contributed by atoms with Gasteiger partial charge >= 0.3 is 0 Å². The van der Waals surface area contributed by atoms with Crippen LogP contribution in [0.25, 0.3) is 0 Å². The summed E-state index contributed by atoms with van der Waals surface area (Å²) in [5, 5.41) is 0. The van der Waals surface area contributed by atoms with Crippen molar-refractivity contribution in [2.45, 2.75) is 37.8 Å². The Balaban J connectivity index is 1.39. The van der Waals surface area contributed by atoms with Gasteiger partial charge in [-0.1, -0.05) is 6.07 Å². The summed E-state index contributed by atoms with van der Waals surface area (Å²) in [6.45, 7) is 5.20. The van der Waals surface area contributed by atoms with Gasteiger partial charge < -0.3 is 19.4 Å². The van der Waals surface area contributed by atoms with Crippen molar-refractivity contribution >= 4 is 5.91 Å². The number of carbonyl (C=O) groups is 1. The molecule has 146 valence electrons. The number of H-pyrrole nitrogens is 1. The summed E-state index contributed by atoms with van der Waals surface area (Å²) in [4.78, 5) is 25.5. The summed E-state index contributed by atoms with van der Waals surface area (Å²) in [5.41, 5.74) is 2.64. The van der Waals surface area contributed by atoms with Crippen molar-refractivity contribution in [1.82, 2.24) is 19.8 Å². The monoisotopic (exact) mass is 380 g/mol. The van der Waals surface area contributed by atoms with E-state index in [1.165, 1.54) is 18.4 Å². The highest BCUT2D eigenvalue weighted by atomic mass is 16.7. The minimum atomic E-state index is 0.0609. The second kappa shape index (κ2) is 5.98. The number of aryl methyl sites for hydroxylation is 1. The normalized spacial score (nSPS) is 32.6. The molecular formula is C21H24N4O3. The molecule has 28 heavy (non-hydrogen) atoms. The van der Waals surface area contributed by atoms with Crippen LogP contribution in [0.1, 0.15) is 40.5 Å². The third-order valence-corrected chi connectivity index (χ3v) is 7.11. The zero-order chi connectivity index (χ0) is 18.8. The maximum absolute atomic E-state index is 13.4. The molecule has 4 fully saturated rings. The number of rotatable bonds is 2. The fourth-order valence-electron chi connectivity index (χ4n) is 5.80. The van der Waals surface area contributed by atoms with E-state index in [-0.39, 0.29) is 24.7 Å². The van der Waals surface area contributed by atoms with Crippen molar-refractivity contribution in [2.24, 2.45) is 5.92 Å². The Kier molecular flexibility index (Phi) is 3.50. The number of nitrogens with zero attached hydrogens (tertiary/aromatic N) is 3. The maximum Gasteiger partial charge on any atom is 0.274 e. The van der Waals surface area contributed by atoms with Gasteiger partial charge in [0.25, 0.3) is 5.91 Å². The molecule has 4 saturated heterocycles. The van der Waals surface area contributed by atoms with E-state index in [9.17, 15) is 4.79 Å². The summed E-state index contributed by atoms with van der Waals surface area (Å²) in [6.07, 6.45) is 3.97. The molecule has 1 N–H and O–H groups in total. The Hall–Kier alpha value is -2.54. The number of amides is 1. The molecule has 7 rings (SSSR count). The molecule has 0 aliphatic carbocycles. The topological polar surface area (TPSA) is 70.7 Å². The zero-order valence-electron chi connectivity index (χ0n) is 15.9. The Morgan fingerprint density at radius 3 is 2.79 bits per heavy atom. The molecule has 7 heteroatoms. The number of nitrogens with one attached hydrogen (secondary N) is 1. The summed E-state index contributed by atoms with van der Waals surface area (Å²) in [7, 11) is 0. The van der Waals surface area contributed by atoms with E-state index in [4.69, 9.17) is 9.47 Å². The summed E-state index contributed by atoms with van der Waals surface area (Å²) in [6, 6.07) is 6.90. The Labute approximate surface area is 163 Å². The van der Waals surface area contributed by atoms with Crippen molar-refractivity contribution in [2.75, 3.05) is 26.4 Å². The number of likely N-dealkylation sites (tertiary alicyclic amines) is 1. The molecule has 1 amide bonds. The first-order valence-corrected chi connectivity index (χ1v) is 10.2. The van der Waals surface area contributed by atoms with Gasteiger partial charge in [0.15, 0.2) is 11.5 Å². The van der Waals surface area contributed by atoms with Gasteiger partial charge in [-0.25, -0.2) is 4.98 Å². The molecule has 6 heterocycles. The van der Waals surface area contributed by atoms with Crippen molar-refractivity contribution in [3.8, 4) is 11.5 Å². The molecule has 0 unspecified atom stereocenters. The lowest BCUT2D eigenvalue weighted by atomic mass is 9.75. The largest absolute Gasteiger partial charge is 0.454 e. The minimum Gasteiger partial charge on any atom is -0.454 e. The Morgan fingerprint density at radius 2 is 2.00 bits per heavy atom. The quantitative estimate of drug-likeness (QED) is 0.865. The molecule has 0 radical (unpaired) electrons. The predicted molar refractivity (Wildman–Crippen MR) is 102 cm³/mol. The van der Waals surface area contributed by atoms with Crippen LogP contribution < -0.4 is 9.47 Å². The SMILES string of the molecule is Cc1[nH]cnc1C(=O)N1C[C@H](c2ccc3c(c2)OCO3)[C@@H]2[C@H]1C1CCN2CC1. The number of fused-ring (bicyclic) bond motifs is 3. The van der Waals surface area contributed by atoms with Gasteiger partial charge in [-0.2, -0.15) is 0 Å². The van der Waals surface area contributed by atoms with E-state index >= 15 is 0 Å². The fraction of sp³-hybridized carbons (Fsp3) is 0.524. The molecule has 0 saturated carbocycles. The maximum atomic E-state index is 13.4. The van der Waals surface area contributed by atoms with E-state index in [1.54, 1.807) is 6.33 Å². The average molecular weight is 380 g/mol. The fourth-order valence-corrected chi connectivity index (χ4v) is 5.80.